The third-order valence-electron chi connectivity index (χ3n) is 5.67. The summed E-state index contributed by atoms with van der Waals surface area (Å²) in [6.07, 6.45) is 0.530. The van der Waals surface area contributed by atoms with E-state index < -0.39 is 30.0 Å². The average molecular weight is 460 g/mol. The van der Waals surface area contributed by atoms with Crippen LogP contribution in [0.3, 0.4) is 0 Å². The molecule has 0 saturated heterocycles. The number of aryl methyl sites for hydroxylation is 1. The van der Waals surface area contributed by atoms with E-state index in [9.17, 15) is 18.0 Å². The highest BCUT2D eigenvalue weighted by atomic mass is 19.3. The van der Waals surface area contributed by atoms with Crippen LogP contribution in [0.5, 0.6) is 5.75 Å². The Morgan fingerprint density at radius 1 is 1.30 bits per heavy atom. The number of aliphatic hydroxyl groups is 1. The van der Waals surface area contributed by atoms with Crippen LogP contribution in [0, 0.1) is 5.82 Å². The fourth-order valence-electron chi connectivity index (χ4n) is 3.74. The summed E-state index contributed by atoms with van der Waals surface area (Å²) in [6.45, 7) is 1.94. The monoisotopic (exact) mass is 460 g/mol. The van der Waals surface area contributed by atoms with Gasteiger partial charge in [0.2, 0.25) is 0 Å². The van der Waals surface area contributed by atoms with Crippen LogP contribution in [0.1, 0.15) is 36.8 Å². The third kappa shape index (κ3) is 4.06. The maximum absolute atomic E-state index is 15.0. The van der Waals surface area contributed by atoms with Gasteiger partial charge in [-0.15, -0.1) is 0 Å². The lowest BCUT2D eigenvalue weighted by Gasteiger charge is -2.27. The van der Waals surface area contributed by atoms with Gasteiger partial charge in [0.05, 0.1) is 22.8 Å². The van der Waals surface area contributed by atoms with Crippen molar-refractivity contribution in [3.05, 3.63) is 53.1 Å². The number of anilines is 2. The van der Waals surface area contributed by atoms with Gasteiger partial charge >= 0.3 is 0 Å². The number of hydrogen-bond donors (Lipinski definition) is 2. The number of aliphatic hydroxyl groups excluding tert-OH is 1. The SMILES string of the molecule is CCc1nc(N[C@H](C)c2cccc(C(F)(F)CO)c2F)c2cc3c(cc2n1)OCC(=O)N3C. The lowest BCUT2D eigenvalue weighted by Crippen LogP contribution is -2.35. The minimum absolute atomic E-state index is 0.000903. The van der Waals surface area contributed by atoms with Crippen LogP contribution < -0.4 is 15.0 Å². The number of aromatic nitrogens is 2. The summed E-state index contributed by atoms with van der Waals surface area (Å²) in [5.41, 5.74) is 0.237. The Morgan fingerprint density at radius 3 is 2.76 bits per heavy atom. The van der Waals surface area contributed by atoms with Crippen LogP contribution in [0.15, 0.2) is 30.3 Å². The molecule has 0 radical (unpaired) electrons. The number of carbonyl (C=O) groups is 1. The van der Waals surface area contributed by atoms with E-state index in [1.165, 1.54) is 17.0 Å². The predicted molar refractivity (Wildman–Crippen MR) is 117 cm³/mol. The Balaban J connectivity index is 1.79. The van der Waals surface area contributed by atoms with Crippen LogP contribution in [-0.4, -0.2) is 41.2 Å². The number of alkyl halides is 2. The lowest BCUT2D eigenvalue weighted by atomic mass is 10.00. The zero-order valence-corrected chi connectivity index (χ0v) is 18.3. The van der Waals surface area contributed by atoms with Crippen LogP contribution >= 0.6 is 0 Å². The van der Waals surface area contributed by atoms with E-state index in [0.717, 1.165) is 6.07 Å². The number of fused-ring (bicyclic) bond motifs is 2. The molecule has 174 valence electrons. The van der Waals surface area contributed by atoms with Crippen molar-refractivity contribution >= 4 is 28.3 Å². The Hall–Kier alpha value is -3.40. The van der Waals surface area contributed by atoms with E-state index >= 15 is 0 Å². The molecule has 0 aliphatic carbocycles. The van der Waals surface area contributed by atoms with Gasteiger partial charge in [-0.25, -0.2) is 14.4 Å². The standard InChI is InChI=1S/C23H23F3N4O3/c1-4-19-28-16-9-18-17(30(3)20(32)10-33-18)8-14(16)22(29-19)27-12(2)13-6-5-7-15(21(13)24)23(25,26)11-31/h5-9,12,31H,4,10-11H2,1-3H3,(H,27,28,29)/t12-/m1/s1. The topological polar surface area (TPSA) is 87.6 Å². The molecular weight excluding hydrogens is 437 g/mol. The molecule has 0 fully saturated rings. The number of halogens is 3. The molecule has 1 atom stereocenters. The summed E-state index contributed by atoms with van der Waals surface area (Å²) < 4.78 is 48.5. The van der Waals surface area contributed by atoms with Crippen molar-refractivity contribution in [1.82, 2.24) is 9.97 Å². The van der Waals surface area contributed by atoms with E-state index in [1.807, 2.05) is 6.92 Å². The molecule has 0 spiro atoms. The molecule has 2 N–H and O–H groups in total. The van der Waals surface area contributed by atoms with Crippen LogP contribution in [0.4, 0.5) is 24.7 Å². The summed E-state index contributed by atoms with van der Waals surface area (Å²) in [6, 6.07) is 6.36. The molecule has 3 aromatic rings. The number of amides is 1. The second-order valence-electron chi connectivity index (χ2n) is 7.86. The minimum Gasteiger partial charge on any atom is -0.481 e. The average Bonchev–Trinajstić information content (AvgIpc) is 2.80. The van der Waals surface area contributed by atoms with E-state index in [1.54, 1.807) is 26.1 Å². The van der Waals surface area contributed by atoms with Crippen molar-refractivity contribution in [3.63, 3.8) is 0 Å². The van der Waals surface area contributed by atoms with Crippen molar-refractivity contribution in [3.8, 4) is 5.75 Å². The zero-order chi connectivity index (χ0) is 23.9. The second kappa shape index (κ2) is 8.51. The highest BCUT2D eigenvalue weighted by Gasteiger charge is 2.35. The molecule has 0 saturated carbocycles. The first-order valence-electron chi connectivity index (χ1n) is 10.4. The molecule has 1 aromatic heterocycles. The highest BCUT2D eigenvalue weighted by Crippen LogP contribution is 2.38. The number of hydrogen-bond acceptors (Lipinski definition) is 6. The molecule has 0 unspecified atom stereocenters. The molecule has 2 aromatic carbocycles. The van der Waals surface area contributed by atoms with Gasteiger partial charge in [0.25, 0.3) is 11.8 Å². The van der Waals surface area contributed by atoms with Crippen molar-refractivity contribution in [2.45, 2.75) is 32.2 Å². The van der Waals surface area contributed by atoms with Crippen molar-refractivity contribution in [2.75, 3.05) is 30.5 Å². The van der Waals surface area contributed by atoms with Gasteiger partial charge in [-0.2, -0.15) is 8.78 Å². The predicted octanol–water partition coefficient (Wildman–Crippen LogP) is 3.94. The molecule has 1 amide bonds. The lowest BCUT2D eigenvalue weighted by molar-refractivity contribution is -0.120. The van der Waals surface area contributed by atoms with Gasteiger partial charge in [0, 0.05) is 30.5 Å². The second-order valence-corrected chi connectivity index (χ2v) is 7.86. The molecule has 33 heavy (non-hydrogen) atoms. The third-order valence-corrected chi connectivity index (χ3v) is 5.67. The van der Waals surface area contributed by atoms with Crippen LogP contribution in [-0.2, 0) is 17.1 Å². The van der Waals surface area contributed by atoms with Crippen molar-refractivity contribution in [1.29, 1.82) is 0 Å². The number of ether oxygens (including phenoxy) is 1. The number of nitrogens with one attached hydrogen (secondary N) is 1. The van der Waals surface area contributed by atoms with Gasteiger partial charge in [0.1, 0.15) is 29.8 Å². The Labute approximate surface area is 188 Å². The van der Waals surface area contributed by atoms with Gasteiger partial charge in [0.15, 0.2) is 6.61 Å². The smallest absolute Gasteiger partial charge is 0.298 e. The van der Waals surface area contributed by atoms with E-state index in [0.29, 0.717) is 40.4 Å². The summed E-state index contributed by atoms with van der Waals surface area (Å²) in [5, 5.41) is 12.6. The maximum atomic E-state index is 15.0. The molecule has 1 aliphatic heterocycles. The van der Waals surface area contributed by atoms with E-state index in [-0.39, 0.29) is 18.1 Å². The number of likely N-dealkylation sites (N-methyl/N-ethyl adjacent to an activating group) is 1. The number of benzene rings is 2. The molecule has 2 heterocycles. The van der Waals surface area contributed by atoms with E-state index in [2.05, 4.69) is 15.3 Å². The van der Waals surface area contributed by atoms with Crippen molar-refractivity contribution in [2.24, 2.45) is 0 Å². The van der Waals surface area contributed by atoms with Gasteiger partial charge in [-0.3, -0.25) is 4.79 Å². The number of nitrogens with zero attached hydrogens (tertiary/aromatic N) is 3. The van der Waals surface area contributed by atoms with Crippen molar-refractivity contribution < 1.29 is 27.8 Å². The summed E-state index contributed by atoms with van der Waals surface area (Å²) in [4.78, 5) is 22.6. The zero-order valence-electron chi connectivity index (χ0n) is 18.3. The molecule has 0 bridgehead atoms. The van der Waals surface area contributed by atoms with Crippen LogP contribution in [0.2, 0.25) is 0 Å². The first kappa shape index (κ1) is 22.8. The van der Waals surface area contributed by atoms with Crippen LogP contribution in [0.25, 0.3) is 10.9 Å². The summed E-state index contributed by atoms with van der Waals surface area (Å²) in [7, 11) is 1.63. The van der Waals surface area contributed by atoms with E-state index in [4.69, 9.17) is 9.84 Å². The molecule has 1 aliphatic rings. The Kier molecular flexibility index (Phi) is 5.87. The number of carbonyl (C=O) groups excluding carboxylic acids is 1. The summed E-state index contributed by atoms with van der Waals surface area (Å²) in [5.74, 6) is -3.60. The first-order valence-corrected chi connectivity index (χ1v) is 10.4. The fraction of sp³-hybridized carbons (Fsp3) is 0.348. The maximum Gasteiger partial charge on any atom is 0.298 e. The van der Waals surface area contributed by atoms with Gasteiger partial charge in [-0.05, 0) is 19.1 Å². The largest absolute Gasteiger partial charge is 0.481 e. The first-order chi connectivity index (χ1) is 15.7. The molecule has 4 rings (SSSR count). The Morgan fingerprint density at radius 2 is 2.06 bits per heavy atom. The quantitative estimate of drug-likeness (QED) is 0.580. The molecular formula is C23H23F3N4O3. The van der Waals surface area contributed by atoms with Gasteiger partial charge in [-0.1, -0.05) is 19.1 Å². The Bertz CT molecular complexity index is 1240. The molecule has 7 nitrogen and oxygen atoms in total. The minimum atomic E-state index is -3.70. The fourth-order valence-corrected chi connectivity index (χ4v) is 3.74. The highest BCUT2D eigenvalue weighted by molar-refractivity contribution is 6.02. The summed E-state index contributed by atoms with van der Waals surface area (Å²) >= 11 is 0. The number of rotatable bonds is 6. The normalized spacial score (nSPS) is 14.8. The molecule has 10 heteroatoms. The van der Waals surface area contributed by atoms with Gasteiger partial charge < -0.3 is 20.1 Å².